The molecule has 4 atom stereocenters. The Hall–Kier alpha value is -3.81. The third-order valence-electron chi connectivity index (χ3n) is 16.7. The van der Waals surface area contributed by atoms with Crippen LogP contribution in [0.15, 0.2) is 101 Å². The fourth-order valence-corrected chi connectivity index (χ4v) is 13.7. The van der Waals surface area contributed by atoms with Gasteiger partial charge in [-0.05, 0) is 118 Å². The molecule has 4 aromatic carbocycles. The van der Waals surface area contributed by atoms with Crippen molar-refractivity contribution in [3.8, 4) is 33.9 Å². The topological polar surface area (TPSA) is 397 Å². The van der Waals surface area contributed by atoms with Crippen LogP contribution in [0.4, 0.5) is 27.5 Å². The first-order chi connectivity index (χ1) is 47.9. The van der Waals surface area contributed by atoms with Crippen molar-refractivity contribution in [2.24, 2.45) is 0 Å². The van der Waals surface area contributed by atoms with E-state index in [1.54, 1.807) is 18.2 Å². The number of thiocarbonyl (C=S) groups is 1. The summed E-state index contributed by atoms with van der Waals surface area (Å²) >= 11 is 7.59. The fourth-order valence-electron chi connectivity index (χ4n) is 11.8. The number of para-hydroxylation sites is 2. The Morgan fingerprint density at radius 3 is 2.00 bits per heavy atom. The van der Waals surface area contributed by atoms with Gasteiger partial charge in [-0.1, -0.05) is 31.0 Å². The summed E-state index contributed by atoms with van der Waals surface area (Å²) in [6.45, 7) is -2.98. The summed E-state index contributed by atoms with van der Waals surface area (Å²) < 4.78 is 20.2. The van der Waals surface area contributed by atoms with Crippen LogP contribution in [0.1, 0.15) is 91.3 Å². The van der Waals surface area contributed by atoms with E-state index in [9.17, 15) is 68.7 Å². The number of nitrogens with one attached hydrogen (secondary N) is 7. The number of thioether (sulfide) groups is 1. The monoisotopic (exact) mass is 1570 g/mol. The zero-order chi connectivity index (χ0) is 72.0. The Labute approximate surface area is 782 Å². The van der Waals surface area contributed by atoms with E-state index < -0.39 is 73.9 Å². The van der Waals surface area contributed by atoms with Crippen LogP contribution in [0.3, 0.4) is 0 Å². The van der Waals surface area contributed by atoms with Gasteiger partial charge in [-0.2, -0.15) is 11.8 Å². The van der Waals surface area contributed by atoms with Gasteiger partial charge in [0, 0.05) is 120 Å². The summed E-state index contributed by atoms with van der Waals surface area (Å²) in [6.07, 6.45) is 6.50. The van der Waals surface area contributed by atoms with Crippen LogP contribution >= 0.6 is 24.0 Å². The number of carboxylic acids is 5. The van der Waals surface area contributed by atoms with E-state index in [0.29, 0.717) is 90.2 Å². The molecule has 0 bridgehead atoms. The molecule has 28 nitrogen and oxygen atoms in total. The first-order valence-corrected chi connectivity index (χ1v) is 34.3. The van der Waals surface area contributed by atoms with Gasteiger partial charge < -0.3 is 115 Å². The van der Waals surface area contributed by atoms with Crippen molar-refractivity contribution in [1.29, 1.82) is 0 Å². The van der Waals surface area contributed by atoms with Crippen LogP contribution in [0.25, 0.3) is 33.4 Å². The van der Waals surface area contributed by atoms with Gasteiger partial charge in [0.1, 0.15) is 56.2 Å². The molecule has 3 heterocycles. The molecule has 0 aromatic heterocycles. The Morgan fingerprint density at radius 2 is 1.32 bits per heavy atom. The molecule has 0 spiro atoms. The van der Waals surface area contributed by atoms with Crippen LogP contribution in [-0.4, -0.2) is 175 Å². The molecule has 534 valence electrons. The number of urea groups is 1. The molecule has 2 saturated heterocycles. The molecule has 2 fully saturated rings. The second kappa shape index (κ2) is 46.6. The Balaban J connectivity index is 0.00000572. The van der Waals surface area contributed by atoms with E-state index in [0.717, 1.165) is 45.9 Å². The Morgan fingerprint density at radius 1 is 0.673 bits per heavy atom. The van der Waals surface area contributed by atoms with Crippen molar-refractivity contribution < 1.29 is 288 Å². The van der Waals surface area contributed by atoms with Gasteiger partial charge in [0.25, 0.3) is 5.91 Å². The van der Waals surface area contributed by atoms with E-state index in [-0.39, 0.29) is 307 Å². The smallest absolute Gasteiger partial charge is 0.548 e. The van der Waals surface area contributed by atoms with Crippen molar-refractivity contribution in [1.82, 2.24) is 36.5 Å². The molecule has 4 aromatic rings. The SMILES string of the molecule is CN(C)c1ccc2c(-c3ccc(C(=O)NCCCCCNC(=O)C(CCCCNC(=O)CCCCCC4SCC5NC(=O)NC54)NC(=S)Nc4cc(OCCOc5ccccc5N(CC(=O)[O-])CC(=O)[O-])cc(N(CC(=O)[O-])CC(=O)[O-])c4)cc3C(=O)[O-])c3ccc(=[N+](C)C)cc-3oc2c1.[K+].[K+].[K+].[K+]. The largest absolute Gasteiger partial charge is 1.00 e. The number of carboxylic acid groups (broad SMARTS) is 5. The molecule has 3 aliphatic heterocycles. The zero-order valence-corrected chi connectivity index (χ0v) is 74.1. The number of fused-ring (bicyclic) bond motifs is 3. The van der Waals surface area contributed by atoms with E-state index in [1.165, 1.54) is 42.5 Å². The minimum Gasteiger partial charge on any atom is -0.548 e. The van der Waals surface area contributed by atoms with Crippen molar-refractivity contribution in [2.75, 3.05) is 113 Å². The summed E-state index contributed by atoms with van der Waals surface area (Å²) in [6, 6.07) is 25.2. The average Bonchev–Trinajstić information content (AvgIpc) is 0.925. The van der Waals surface area contributed by atoms with Crippen molar-refractivity contribution in [3.05, 3.63) is 114 Å². The fraction of sp³-hybridized carbons (Fsp3) is 0.414. The van der Waals surface area contributed by atoms with E-state index in [4.69, 9.17) is 26.1 Å². The number of hydrogen-bond donors (Lipinski definition) is 7. The van der Waals surface area contributed by atoms with Crippen molar-refractivity contribution in [2.45, 2.75) is 94.0 Å². The summed E-state index contributed by atoms with van der Waals surface area (Å²) in [5, 5.41) is 82.2. The summed E-state index contributed by atoms with van der Waals surface area (Å²) in [5.74, 6) is -7.28. The second-order valence-corrected chi connectivity index (χ2v) is 26.3. The molecule has 7 N–H and O–H groups in total. The molecule has 8 rings (SSSR count). The first kappa shape index (κ1) is 92.6. The van der Waals surface area contributed by atoms with Gasteiger partial charge in [-0.3, -0.25) is 14.4 Å². The van der Waals surface area contributed by atoms with Crippen LogP contribution in [0.2, 0.25) is 0 Å². The normalized spacial score (nSPS) is 14.2. The number of ether oxygens (including phenoxy) is 2. The summed E-state index contributed by atoms with van der Waals surface area (Å²) in [5.41, 5.74) is 3.22. The molecule has 5 amide bonds. The van der Waals surface area contributed by atoms with Crippen molar-refractivity contribution >= 4 is 116 Å². The summed E-state index contributed by atoms with van der Waals surface area (Å²) in [4.78, 5) is 116. The quantitative estimate of drug-likeness (QED) is 0.00470. The number of carbonyl (C=O) groups is 9. The average molecular weight is 1570 g/mol. The number of rotatable bonds is 39. The maximum Gasteiger partial charge on any atom is 1.00 e. The molecule has 104 heavy (non-hydrogen) atoms. The molecule has 1 aliphatic carbocycles. The van der Waals surface area contributed by atoms with Gasteiger partial charge in [-0.15, -0.1) is 0 Å². The number of benzene rings is 5. The van der Waals surface area contributed by atoms with Crippen LogP contribution in [-0.2, 0) is 28.8 Å². The van der Waals surface area contributed by atoms with E-state index in [2.05, 4.69) is 37.2 Å². The number of nitrogens with zero attached hydrogens (tertiary/aromatic N) is 4. The van der Waals surface area contributed by atoms with Crippen LogP contribution in [0.5, 0.6) is 11.5 Å². The minimum absolute atomic E-state index is 0. The molecular weight excluding hydrogens is 1490 g/mol. The third kappa shape index (κ3) is 28.6. The number of anilines is 4. The van der Waals surface area contributed by atoms with Gasteiger partial charge >= 0.3 is 212 Å². The van der Waals surface area contributed by atoms with E-state index >= 15 is 0 Å². The standard InChI is InChI=1S/C70H85N11O17S2.4K/c1-78(2)44-21-24-49-56(35-44)98-57-36-45(79(3)4)22-25-50(57)64(49)48-23-20-42(31-51(48)68(93)94)66(91)72-27-12-6-13-28-73-67(92)52(15-11-14-26-71-59(82)19-8-5-7-18-58-65-53(41-100-58)75-69(95)77-65)76-70(99)74-43-32-46(80(37-60(83)84)38-61(85)86)34-47(33-43)96-29-30-97-55-17-10-9-16-54(55)81(39-62(87)88)40-63(89)90;;;;/h9-10,16-17,20-25,31-36,52-53,58,65H,5-8,11-15,18-19,26-30,37-41H2,1-4H3,(H11-,71,72,73,74,75,76,77,82,83,84,85,86,87,88,89,90,91,92,93,94,95,99);;;;/q;4*+1/p-4. The molecule has 0 radical (unpaired) electrons. The van der Waals surface area contributed by atoms with Gasteiger partial charge in [-0.25, -0.2) is 9.37 Å². The predicted molar refractivity (Wildman–Crippen MR) is 370 cm³/mol. The number of amides is 5. The molecule has 0 saturated carbocycles. The van der Waals surface area contributed by atoms with Crippen LogP contribution in [0, 0.1) is 0 Å². The number of unbranched alkanes of at least 4 members (excludes halogenated alkanes) is 5. The van der Waals surface area contributed by atoms with Crippen molar-refractivity contribution in [3.63, 3.8) is 0 Å². The molecular formula is C70H81K4N11O17S2. The molecule has 34 heteroatoms. The number of hydrogen-bond acceptors (Lipinski definition) is 22. The zero-order valence-electron chi connectivity index (χ0n) is 59.9. The van der Waals surface area contributed by atoms with Gasteiger partial charge in [0.15, 0.2) is 5.11 Å². The second-order valence-electron chi connectivity index (χ2n) is 24.6. The summed E-state index contributed by atoms with van der Waals surface area (Å²) in [7, 11) is 7.62. The Bertz CT molecular complexity index is 4010. The van der Waals surface area contributed by atoms with Crippen LogP contribution < -0.4 is 302 Å². The maximum absolute atomic E-state index is 14.1. The Kier molecular flexibility index (Phi) is 41.5. The number of aliphatic carboxylic acids is 4. The first-order valence-electron chi connectivity index (χ1n) is 32.8. The maximum atomic E-state index is 14.1. The molecule has 4 unspecified atom stereocenters. The van der Waals surface area contributed by atoms with Gasteiger partial charge in [0.05, 0.1) is 79.9 Å². The van der Waals surface area contributed by atoms with Gasteiger partial charge in [0.2, 0.25) is 17.2 Å². The predicted octanol–water partition coefficient (Wildman–Crippen LogP) is -12.5. The van der Waals surface area contributed by atoms with E-state index in [1.807, 2.05) is 85.8 Å². The third-order valence-corrected chi connectivity index (χ3v) is 18.5. The minimum atomic E-state index is -1.61. The number of aromatic carboxylic acids is 1. The molecule has 4 aliphatic rings. The number of carbonyl (C=O) groups excluding carboxylic acids is 9.